The topological polar surface area (TPSA) is 77.8 Å². The minimum atomic E-state index is -0.507. The average molecular weight is 332 g/mol. The van der Waals surface area contributed by atoms with Crippen molar-refractivity contribution in [3.8, 4) is 0 Å². The minimum Gasteiger partial charge on any atom is -0.322 e. The summed E-state index contributed by atoms with van der Waals surface area (Å²) in [5, 5.41) is 2.85. The van der Waals surface area contributed by atoms with Crippen LogP contribution in [0, 0.1) is 5.82 Å². The van der Waals surface area contributed by atoms with Gasteiger partial charge in [-0.15, -0.1) is 0 Å². The smallest absolute Gasteiger partial charge is 0.322 e. The van der Waals surface area contributed by atoms with Crippen LogP contribution >= 0.6 is 11.6 Å². The zero-order valence-corrected chi connectivity index (χ0v) is 12.4. The lowest BCUT2D eigenvalue weighted by Gasteiger charge is -2.03. The van der Waals surface area contributed by atoms with Gasteiger partial charge in [-0.1, -0.05) is 17.7 Å². The molecule has 116 valence electrons. The van der Waals surface area contributed by atoms with Crippen molar-refractivity contribution in [3.63, 3.8) is 0 Å². The van der Waals surface area contributed by atoms with E-state index in [0.29, 0.717) is 16.7 Å². The molecule has 1 heterocycles. The summed E-state index contributed by atoms with van der Waals surface area (Å²) in [4.78, 5) is 28.3. The Morgan fingerprint density at radius 1 is 1.17 bits per heavy atom. The maximum Gasteiger partial charge on any atom is 0.323 e. The van der Waals surface area contributed by atoms with Gasteiger partial charge in [0.2, 0.25) is 5.91 Å². The molecule has 3 aromatic rings. The van der Waals surface area contributed by atoms with Crippen molar-refractivity contribution in [2.45, 2.75) is 0 Å². The quantitative estimate of drug-likeness (QED) is 0.644. The van der Waals surface area contributed by atoms with Gasteiger partial charge in [0.15, 0.2) is 0 Å². The van der Waals surface area contributed by atoms with E-state index in [1.165, 1.54) is 24.3 Å². The van der Waals surface area contributed by atoms with Gasteiger partial charge < -0.3 is 15.3 Å². The first-order chi connectivity index (χ1) is 11.0. The molecule has 0 spiro atoms. The van der Waals surface area contributed by atoms with Crippen molar-refractivity contribution >= 4 is 40.3 Å². The summed E-state index contributed by atoms with van der Waals surface area (Å²) in [6.07, 6.45) is 2.50. The molecule has 2 aromatic carbocycles. The Hall–Kier alpha value is -2.86. The lowest BCUT2D eigenvalue weighted by molar-refractivity contribution is -0.111. The van der Waals surface area contributed by atoms with Crippen LogP contribution in [-0.4, -0.2) is 15.9 Å². The molecule has 0 aliphatic carbocycles. The van der Waals surface area contributed by atoms with Crippen molar-refractivity contribution in [1.82, 2.24) is 9.97 Å². The highest BCUT2D eigenvalue weighted by Gasteiger charge is 2.05. The standard InChI is InChI=1S/C16H11ClFN3O2/c17-11-2-1-3-12(18)10(11)5-7-15(22)19-9-4-6-13-14(8-9)21-16(23)20-13/h1-8H,(H,19,22)(H2,20,21,23). The number of aromatic amines is 2. The monoisotopic (exact) mass is 331 g/mol. The molecule has 0 saturated carbocycles. The van der Waals surface area contributed by atoms with E-state index in [9.17, 15) is 14.0 Å². The van der Waals surface area contributed by atoms with Crippen molar-refractivity contribution in [1.29, 1.82) is 0 Å². The molecule has 1 amide bonds. The third kappa shape index (κ3) is 3.32. The van der Waals surface area contributed by atoms with Gasteiger partial charge >= 0.3 is 5.69 Å². The number of halogens is 2. The Labute approximate surface area is 134 Å². The summed E-state index contributed by atoms with van der Waals surface area (Å²) >= 11 is 5.88. The van der Waals surface area contributed by atoms with Crippen LogP contribution in [-0.2, 0) is 4.79 Å². The van der Waals surface area contributed by atoms with E-state index in [2.05, 4.69) is 15.3 Å². The highest BCUT2D eigenvalue weighted by molar-refractivity contribution is 6.32. The number of amides is 1. The predicted molar refractivity (Wildman–Crippen MR) is 88.0 cm³/mol. The molecule has 3 rings (SSSR count). The average Bonchev–Trinajstić information content (AvgIpc) is 2.86. The molecule has 1 aromatic heterocycles. The van der Waals surface area contributed by atoms with Crippen LogP contribution in [0.25, 0.3) is 17.1 Å². The van der Waals surface area contributed by atoms with Gasteiger partial charge in [-0.05, 0) is 36.4 Å². The van der Waals surface area contributed by atoms with Crippen LogP contribution in [0.5, 0.6) is 0 Å². The molecular weight excluding hydrogens is 321 g/mol. The van der Waals surface area contributed by atoms with E-state index in [4.69, 9.17) is 11.6 Å². The number of carbonyl (C=O) groups excluding carboxylic acids is 1. The molecule has 7 heteroatoms. The van der Waals surface area contributed by atoms with Crippen LogP contribution in [0.2, 0.25) is 5.02 Å². The van der Waals surface area contributed by atoms with Crippen LogP contribution in [0.15, 0.2) is 47.3 Å². The number of benzene rings is 2. The summed E-state index contributed by atoms with van der Waals surface area (Å²) in [6, 6.07) is 9.23. The molecule has 0 fully saturated rings. The van der Waals surface area contributed by atoms with Gasteiger partial charge in [-0.25, -0.2) is 9.18 Å². The molecular formula is C16H11ClFN3O2. The molecule has 0 atom stereocenters. The molecule has 0 aliphatic rings. The number of nitrogens with one attached hydrogen (secondary N) is 3. The normalized spacial score (nSPS) is 11.2. The number of hydrogen-bond acceptors (Lipinski definition) is 2. The first kappa shape index (κ1) is 15.1. The van der Waals surface area contributed by atoms with E-state index >= 15 is 0 Å². The van der Waals surface area contributed by atoms with Gasteiger partial charge in [0.25, 0.3) is 0 Å². The van der Waals surface area contributed by atoms with Gasteiger partial charge in [-0.3, -0.25) is 4.79 Å². The Bertz CT molecular complexity index is 955. The Morgan fingerprint density at radius 2 is 1.96 bits per heavy atom. The van der Waals surface area contributed by atoms with Crippen molar-refractivity contribution < 1.29 is 9.18 Å². The fourth-order valence-corrected chi connectivity index (χ4v) is 2.35. The highest BCUT2D eigenvalue weighted by Crippen LogP contribution is 2.20. The molecule has 0 aliphatic heterocycles. The van der Waals surface area contributed by atoms with Crippen LogP contribution in [0.1, 0.15) is 5.56 Å². The van der Waals surface area contributed by atoms with Crippen LogP contribution < -0.4 is 11.0 Å². The third-order valence-corrected chi connectivity index (χ3v) is 3.51. The number of rotatable bonds is 3. The zero-order chi connectivity index (χ0) is 16.4. The molecule has 0 bridgehead atoms. The first-order valence-corrected chi connectivity index (χ1v) is 7.06. The maximum atomic E-state index is 13.6. The van der Waals surface area contributed by atoms with Crippen molar-refractivity contribution in [2.75, 3.05) is 5.32 Å². The summed E-state index contributed by atoms with van der Waals surface area (Å²) < 4.78 is 13.6. The number of hydrogen-bond donors (Lipinski definition) is 3. The van der Waals surface area contributed by atoms with Gasteiger partial charge in [0.05, 0.1) is 16.1 Å². The summed E-state index contributed by atoms with van der Waals surface area (Å²) in [5.74, 6) is -0.950. The largest absolute Gasteiger partial charge is 0.323 e. The molecule has 0 unspecified atom stereocenters. The lowest BCUT2D eigenvalue weighted by atomic mass is 10.2. The maximum absolute atomic E-state index is 13.6. The van der Waals surface area contributed by atoms with Gasteiger partial charge in [-0.2, -0.15) is 0 Å². The number of fused-ring (bicyclic) bond motifs is 1. The second kappa shape index (κ2) is 6.10. The van der Waals surface area contributed by atoms with Crippen LogP contribution in [0.4, 0.5) is 10.1 Å². The Balaban J connectivity index is 1.78. The SMILES string of the molecule is O=C(C=Cc1c(F)cccc1Cl)Nc1ccc2[nH]c(=O)[nH]c2c1. The first-order valence-electron chi connectivity index (χ1n) is 6.68. The van der Waals surface area contributed by atoms with E-state index in [1.54, 1.807) is 24.3 Å². The number of H-pyrrole nitrogens is 2. The molecule has 23 heavy (non-hydrogen) atoms. The third-order valence-electron chi connectivity index (χ3n) is 3.18. The fraction of sp³-hybridized carbons (Fsp3) is 0. The Kier molecular flexibility index (Phi) is 3.99. The highest BCUT2D eigenvalue weighted by atomic mass is 35.5. The van der Waals surface area contributed by atoms with Gasteiger partial charge in [0, 0.05) is 17.3 Å². The second-order valence-electron chi connectivity index (χ2n) is 4.80. The molecule has 3 N–H and O–H groups in total. The minimum absolute atomic E-state index is 0.148. The molecule has 0 saturated heterocycles. The second-order valence-corrected chi connectivity index (χ2v) is 5.20. The van der Waals surface area contributed by atoms with Crippen LogP contribution in [0.3, 0.4) is 0 Å². The predicted octanol–water partition coefficient (Wildman–Crippen LogP) is 3.30. The summed E-state index contributed by atoms with van der Waals surface area (Å²) in [6.45, 7) is 0. The number of aromatic nitrogens is 2. The van der Waals surface area contributed by atoms with E-state index in [0.717, 1.165) is 0 Å². The van der Waals surface area contributed by atoms with Crippen molar-refractivity contribution in [2.24, 2.45) is 0 Å². The fourth-order valence-electron chi connectivity index (χ4n) is 2.12. The summed E-state index contributed by atoms with van der Waals surface area (Å²) in [5.41, 5.74) is 1.55. The number of anilines is 1. The summed E-state index contributed by atoms with van der Waals surface area (Å²) in [7, 11) is 0. The Morgan fingerprint density at radius 3 is 2.74 bits per heavy atom. The molecule has 5 nitrogen and oxygen atoms in total. The lowest BCUT2D eigenvalue weighted by Crippen LogP contribution is -2.07. The van der Waals surface area contributed by atoms with Gasteiger partial charge in [0.1, 0.15) is 5.82 Å². The van der Waals surface area contributed by atoms with E-state index in [-0.39, 0.29) is 16.3 Å². The van der Waals surface area contributed by atoms with Crippen molar-refractivity contribution in [3.05, 3.63) is 69.4 Å². The zero-order valence-electron chi connectivity index (χ0n) is 11.7. The molecule has 0 radical (unpaired) electrons. The number of imidazole rings is 1. The van der Waals surface area contributed by atoms with E-state index < -0.39 is 11.7 Å². The number of carbonyl (C=O) groups is 1. The van der Waals surface area contributed by atoms with E-state index in [1.807, 2.05) is 0 Å².